The van der Waals surface area contributed by atoms with E-state index < -0.39 is 10.0 Å². The molecule has 21 heavy (non-hydrogen) atoms. The Hall–Kier alpha value is -1.41. The van der Waals surface area contributed by atoms with Crippen LogP contribution in [0.25, 0.3) is 0 Å². The second-order valence-electron chi connectivity index (χ2n) is 5.43. The van der Waals surface area contributed by atoms with Crippen molar-refractivity contribution in [2.24, 2.45) is 0 Å². The molecule has 0 aliphatic carbocycles. The van der Waals surface area contributed by atoms with Gasteiger partial charge in [0, 0.05) is 32.2 Å². The quantitative estimate of drug-likeness (QED) is 0.812. The zero-order valence-electron chi connectivity index (χ0n) is 12.9. The van der Waals surface area contributed by atoms with Gasteiger partial charge in [-0.3, -0.25) is 0 Å². The zero-order valence-corrected chi connectivity index (χ0v) is 13.7. The molecule has 0 unspecified atom stereocenters. The Labute approximate surface area is 126 Å². The number of anilines is 1. The van der Waals surface area contributed by atoms with Crippen molar-refractivity contribution >= 4 is 15.8 Å². The lowest BCUT2D eigenvalue weighted by Gasteiger charge is -2.34. The summed E-state index contributed by atoms with van der Waals surface area (Å²) in [5.41, 5.74) is 0. The van der Waals surface area contributed by atoms with Crippen molar-refractivity contribution in [3.63, 3.8) is 0 Å². The molecule has 8 heteroatoms. The van der Waals surface area contributed by atoms with Gasteiger partial charge in [-0.1, -0.05) is 0 Å². The van der Waals surface area contributed by atoms with Gasteiger partial charge >= 0.3 is 0 Å². The number of hydrogen-bond donors (Lipinski definition) is 0. The summed E-state index contributed by atoms with van der Waals surface area (Å²) in [6.45, 7) is 7.90. The highest BCUT2D eigenvalue weighted by atomic mass is 32.2. The molecule has 1 aliphatic rings. The van der Waals surface area contributed by atoms with Gasteiger partial charge in [0.25, 0.3) is 0 Å². The van der Waals surface area contributed by atoms with Gasteiger partial charge in [-0.25, -0.2) is 13.4 Å². The van der Waals surface area contributed by atoms with Crippen molar-refractivity contribution in [1.82, 2.24) is 14.3 Å². The Morgan fingerprint density at radius 1 is 1.19 bits per heavy atom. The van der Waals surface area contributed by atoms with Crippen molar-refractivity contribution < 1.29 is 13.2 Å². The second kappa shape index (κ2) is 6.15. The van der Waals surface area contributed by atoms with Gasteiger partial charge in [0.15, 0.2) is 0 Å². The molecule has 0 spiro atoms. The lowest BCUT2D eigenvalue weighted by molar-refractivity contribution is 0.231. The molecule has 0 aromatic carbocycles. The van der Waals surface area contributed by atoms with E-state index in [1.54, 1.807) is 0 Å². The maximum Gasteiger partial charge on any atom is 0.218 e. The van der Waals surface area contributed by atoms with Crippen LogP contribution in [-0.4, -0.2) is 61.2 Å². The molecule has 0 saturated carbocycles. The van der Waals surface area contributed by atoms with Crippen LogP contribution in [0.3, 0.4) is 0 Å². The van der Waals surface area contributed by atoms with Crippen LogP contribution in [0.5, 0.6) is 5.88 Å². The molecule has 0 radical (unpaired) electrons. The average Bonchev–Trinajstić information content (AvgIpc) is 2.36. The third-order valence-corrected chi connectivity index (χ3v) is 4.49. The number of aromatic nitrogens is 2. The summed E-state index contributed by atoms with van der Waals surface area (Å²) in [5.74, 6) is 1.98. The smallest absolute Gasteiger partial charge is 0.218 e. The molecule has 0 atom stereocenters. The first-order chi connectivity index (χ1) is 9.75. The molecule has 1 fully saturated rings. The van der Waals surface area contributed by atoms with Crippen molar-refractivity contribution in [3.8, 4) is 5.88 Å². The van der Waals surface area contributed by atoms with Crippen molar-refractivity contribution in [2.45, 2.75) is 26.9 Å². The molecule has 0 bridgehead atoms. The number of rotatable bonds is 4. The summed E-state index contributed by atoms with van der Waals surface area (Å²) in [4.78, 5) is 10.7. The molecule has 1 aliphatic heterocycles. The Kier molecular flexibility index (Phi) is 4.67. The van der Waals surface area contributed by atoms with Crippen LogP contribution in [0.15, 0.2) is 6.07 Å². The number of ether oxygens (including phenoxy) is 1. The van der Waals surface area contributed by atoms with E-state index in [0.29, 0.717) is 37.9 Å². The fourth-order valence-electron chi connectivity index (χ4n) is 2.24. The van der Waals surface area contributed by atoms with E-state index in [-0.39, 0.29) is 6.10 Å². The summed E-state index contributed by atoms with van der Waals surface area (Å²) in [7, 11) is -3.11. The highest BCUT2D eigenvalue weighted by Gasteiger charge is 2.24. The van der Waals surface area contributed by atoms with E-state index in [2.05, 4.69) is 14.9 Å². The zero-order chi connectivity index (χ0) is 15.6. The predicted molar refractivity (Wildman–Crippen MR) is 81.2 cm³/mol. The van der Waals surface area contributed by atoms with Crippen LogP contribution in [0.2, 0.25) is 0 Å². The van der Waals surface area contributed by atoms with E-state index in [1.807, 2.05) is 26.8 Å². The summed E-state index contributed by atoms with van der Waals surface area (Å²) in [6, 6.07) is 1.81. The average molecular weight is 314 g/mol. The number of nitrogens with zero attached hydrogens (tertiary/aromatic N) is 4. The van der Waals surface area contributed by atoms with Gasteiger partial charge in [0.1, 0.15) is 11.6 Å². The molecule has 7 nitrogen and oxygen atoms in total. The summed E-state index contributed by atoms with van der Waals surface area (Å²) < 4.78 is 30.1. The first-order valence-corrected chi connectivity index (χ1v) is 8.83. The first-order valence-electron chi connectivity index (χ1n) is 6.98. The summed E-state index contributed by atoms with van der Waals surface area (Å²) in [5, 5.41) is 0. The standard InChI is InChI=1S/C13H22N4O3S/c1-10(2)20-13-9-12(14-11(3)15-13)16-5-7-17(8-6-16)21(4,18)19/h9-10H,5-8H2,1-4H3. The minimum absolute atomic E-state index is 0.0502. The lowest BCUT2D eigenvalue weighted by atomic mass is 10.3. The lowest BCUT2D eigenvalue weighted by Crippen LogP contribution is -2.48. The van der Waals surface area contributed by atoms with E-state index >= 15 is 0 Å². The number of aryl methyl sites for hydroxylation is 1. The SMILES string of the molecule is Cc1nc(OC(C)C)cc(N2CCN(S(C)(=O)=O)CC2)n1. The molecule has 2 heterocycles. The minimum atomic E-state index is -3.11. The Morgan fingerprint density at radius 3 is 2.33 bits per heavy atom. The molecule has 2 rings (SSSR count). The van der Waals surface area contributed by atoms with Gasteiger partial charge in [0.05, 0.1) is 12.4 Å². The third kappa shape index (κ3) is 4.28. The maximum atomic E-state index is 11.5. The van der Waals surface area contributed by atoms with Crippen LogP contribution < -0.4 is 9.64 Å². The molecule has 0 amide bonds. The topological polar surface area (TPSA) is 75.6 Å². The molecular formula is C13H22N4O3S. The van der Waals surface area contributed by atoms with Gasteiger partial charge in [-0.2, -0.15) is 9.29 Å². The Balaban J connectivity index is 2.11. The first kappa shape index (κ1) is 16.0. The van der Waals surface area contributed by atoms with Gasteiger partial charge < -0.3 is 9.64 Å². The van der Waals surface area contributed by atoms with Crippen LogP contribution >= 0.6 is 0 Å². The van der Waals surface area contributed by atoms with E-state index in [0.717, 1.165) is 5.82 Å². The monoisotopic (exact) mass is 314 g/mol. The molecule has 1 aromatic heterocycles. The Bertz CT molecular complexity index is 595. The van der Waals surface area contributed by atoms with Crippen molar-refractivity contribution in [2.75, 3.05) is 37.3 Å². The van der Waals surface area contributed by atoms with Crippen LogP contribution in [0.4, 0.5) is 5.82 Å². The minimum Gasteiger partial charge on any atom is -0.475 e. The molecule has 0 N–H and O–H groups in total. The molecule has 118 valence electrons. The van der Waals surface area contributed by atoms with Crippen molar-refractivity contribution in [1.29, 1.82) is 0 Å². The number of piperazine rings is 1. The molecule has 1 saturated heterocycles. The molecule has 1 aromatic rings. The fraction of sp³-hybridized carbons (Fsp3) is 0.692. The number of hydrogen-bond acceptors (Lipinski definition) is 6. The van der Waals surface area contributed by atoms with Crippen LogP contribution in [-0.2, 0) is 10.0 Å². The normalized spacial score (nSPS) is 17.3. The highest BCUT2D eigenvalue weighted by molar-refractivity contribution is 7.88. The predicted octanol–water partition coefficient (Wildman–Crippen LogP) is 0.654. The number of sulfonamides is 1. The van der Waals surface area contributed by atoms with E-state index in [1.165, 1.54) is 10.6 Å². The second-order valence-corrected chi connectivity index (χ2v) is 7.41. The van der Waals surface area contributed by atoms with Crippen LogP contribution in [0.1, 0.15) is 19.7 Å². The largest absolute Gasteiger partial charge is 0.475 e. The fourth-order valence-corrected chi connectivity index (χ4v) is 3.06. The third-order valence-electron chi connectivity index (χ3n) is 3.19. The van der Waals surface area contributed by atoms with Crippen molar-refractivity contribution in [3.05, 3.63) is 11.9 Å². The van der Waals surface area contributed by atoms with Gasteiger partial charge in [0.2, 0.25) is 15.9 Å². The highest BCUT2D eigenvalue weighted by Crippen LogP contribution is 2.20. The van der Waals surface area contributed by atoms with Gasteiger partial charge in [-0.05, 0) is 20.8 Å². The summed E-state index contributed by atoms with van der Waals surface area (Å²) >= 11 is 0. The van der Waals surface area contributed by atoms with Gasteiger partial charge in [-0.15, -0.1) is 0 Å². The van der Waals surface area contributed by atoms with Crippen LogP contribution in [0, 0.1) is 6.92 Å². The van der Waals surface area contributed by atoms with E-state index in [4.69, 9.17) is 4.74 Å². The molecular weight excluding hydrogens is 292 g/mol. The Morgan fingerprint density at radius 2 is 1.81 bits per heavy atom. The summed E-state index contributed by atoms with van der Waals surface area (Å²) in [6.07, 6.45) is 1.29. The maximum absolute atomic E-state index is 11.5. The van der Waals surface area contributed by atoms with E-state index in [9.17, 15) is 8.42 Å².